The minimum absolute atomic E-state index is 0.315. The first kappa shape index (κ1) is 7.72. The van der Waals surface area contributed by atoms with E-state index in [2.05, 4.69) is 16.5 Å². The molecule has 1 rings (SSSR count). The Morgan fingerprint density at radius 1 is 1.55 bits per heavy atom. The average molecular weight is 149 g/mol. The van der Waals surface area contributed by atoms with Gasteiger partial charge in [0.15, 0.2) is 0 Å². The normalized spacial score (nSPS) is 9.55. The summed E-state index contributed by atoms with van der Waals surface area (Å²) in [6, 6.07) is 0. The van der Waals surface area contributed by atoms with Crippen LogP contribution < -0.4 is 5.73 Å². The van der Waals surface area contributed by atoms with Gasteiger partial charge in [-0.05, 0) is 18.9 Å². The standard InChI is InChI=1S/C8H11N3/c1-6(2)3-7-4-10-8(9)11-5-7/h4-5H,1,3H2,2H3,(H2,9,10,11). The number of allylic oxidation sites excluding steroid dienone is 1. The smallest absolute Gasteiger partial charge is 0.219 e. The molecule has 3 heteroatoms. The molecule has 1 heterocycles. The molecule has 0 fully saturated rings. The third-order valence-corrected chi connectivity index (χ3v) is 1.23. The van der Waals surface area contributed by atoms with Crippen molar-refractivity contribution in [2.24, 2.45) is 0 Å². The highest BCUT2D eigenvalue weighted by atomic mass is 15.0. The number of hydrogen-bond acceptors (Lipinski definition) is 3. The van der Waals surface area contributed by atoms with E-state index < -0.39 is 0 Å². The van der Waals surface area contributed by atoms with Gasteiger partial charge in [-0.15, -0.1) is 0 Å². The van der Waals surface area contributed by atoms with Crippen molar-refractivity contribution in [2.75, 3.05) is 5.73 Å². The quantitative estimate of drug-likeness (QED) is 0.642. The van der Waals surface area contributed by atoms with Crippen LogP contribution in [0.1, 0.15) is 12.5 Å². The van der Waals surface area contributed by atoms with Crippen LogP contribution in [-0.2, 0) is 6.42 Å². The van der Waals surface area contributed by atoms with Gasteiger partial charge in [0.1, 0.15) is 0 Å². The first-order valence-electron chi connectivity index (χ1n) is 3.39. The minimum atomic E-state index is 0.315. The van der Waals surface area contributed by atoms with Crippen molar-refractivity contribution in [1.82, 2.24) is 9.97 Å². The van der Waals surface area contributed by atoms with Crippen LogP contribution >= 0.6 is 0 Å². The summed E-state index contributed by atoms with van der Waals surface area (Å²) in [4.78, 5) is 7.72. The van der Waals surface area contributed by atoms with Crippen LogP contribution in [0.2, 0.25) is 0 Å². The summed E-state index contributed by atoms with van der Waals surface area (Å²) >= 11 is 0. The number of hydrogen-bond donors (Lipinski definition) is 1. The van der Waals surface area contributed by atoms with Gasteiger partial charge < -0.3 is 5.73 Å². The Hall–Kier alpha value is -1.38. The molecular weight excluding hydrogens is 138 g/mol. The van der Waals surface area contributed by atoms with E-state index in [1.54, 1.807) is 12.4 Å². The molecule has 0 aliphatic heterocycles. The van der Waals surface area contributed by atoms with Crippen molar-refractivity contribution in [3.8, 4) is 0 Å². The summed E-state index contributed by atoms with van der Waals surface area (Å²) in [6.07, 6.45) is 4.26. The van der Waals surface area contributed by atoms with E-state index in [-0.39, 0.29) is 0 Å². The first-order chi connectivity index (χ1) is 5.18. The number of rotatable bonds is 2. The summed E-state index contributed by atoms with van der Waals surface area (Å²) in [5, 5.41) is 0. The fraction of sp³-hybridized carbons (Fsp3) is 0.250. The van der Waals surface area contributed by atoms with Crippen molar-refractivity contribution in [3.05, 3.63) is 30.1 Å². The van der Waals surface area contributed by atoms with E-state index >= 15 is 0 Å². The molecule has 2 N–H and O–H groups in total. The molecule has 0 bridgehead atoms. The average Bonchev–Trinajstić information content (AvgIpc) is 1.93. The Morgan fingerprint density at radius 3 is 2.55 bits per heavy atom. The molecular formula is C8H11N3. The van der Waals surface area contributed by atoms with Crippen molar-refractivity contribution in [1.29, 1.82) is 0 Å². The van der Waals surface area contributed by atoms with Crippen LogP contribution in [0.25, 0.3) is 0 Å². The van der Waals surface area contributed by atoms with Crippen molar-refractivity contribution < 1.29 is 0 Å². The third-order valence-electron chi connectivity index (χ3n) is 1.23. The number of aromatic nitrogens is 2. The Bertz CT molecular complexity index is 251. The number of nitrogens with two attached hydrogens (primary N) is 1. The van der Waals surface area contributed by atoms with Crippen LogP contribution in [-0.4, -0.2) is 9.97 Å². The number of nitrogens with zero attached hydrogens (tertiary/aromatic N) is 2. The zero-order chi connectivity index (χ0) is 8.27. The first-order valence-corrected chi connectivity index (χ1v) is 3.39. The lowest BCUT2D eigenvalue weighted by atomic mass is 10.1. The van der Waals surface area contributed by atoms with Crippen molar-refractivity contribution >= 4 is 5.95 Å². The van der Waals surface area contributed by atoms with Crippen LogP contribution in [0.4, 0.5) is 5.95 Å². The van der Waals surface area contributed by atoms with E-state index in [9.17, 15) is 0 Å². The maximum Gasteiger partial charge on any atom is 0.219 e. The Kier molecular flexibility index (Phi) is 2.21. The summed E-state index contributed by atoms with van der Waals surface area (Å²) in [7, 11) is 0. The molecule has 0 unspecified atom stereocenters. The molecule has 0 radical (unpaired) electrons. The largest absolute Gasteiger partial charge is 0.368 e. The number of anilines is 1. The van der Waals surface area contributed by atoms with Gasteiger partial charge >= 0.3 is 0 Å². The number of nitrogen functional groups attached to an aromatic ring is 1. The van der Waals surface area contributed by atoms with Gasteiger partial charge in [0.2, 0.25) is 5.95 Å². The molecule has 11 heavy (non-hydrogen) atoms. The van der Waals surface area contributed by atoms with E-state index in [0.717, 1.165) is 17.6 Å². The maximum absolute atomic E-state index is 5.31. The summed E-state index contributed by atoms with van der Waals surface area (Å²) in [6.45, 7) is 5.75. The molecule has 0 atom stereocenters. The Labute approximate surface area is 66.0 Å². The monoisotopic (exact) mass is 149 g/mol. The molecule has 0 aliphatic carbocycles. The second-order valence-electron chi connectivity index (χ2n) is 2.58. The zero-order valence-corrected chi connectivity index (χ0v) is 6.54. The Balaban J connectivity index is 2.74. The van der Waals surface area contributed by atoms with Crippen LogP contribution in [0.5, 0.6) is 0 Å². The predicted octanol–water partition coefficient (Wildman–Crippen LogP) is 1.18. The highest BCUT2D eigenvalue weighted by Gasteiger charge is 1.93. The zero-order valence-electron chi connectivity index (χ0n) is 6.54. The predicted molar refractivity (Wildman–Crippen MR) is 45.0 cm³/mol. The van der Waals surface area contributed by atoms with Crippen LogP contribution in [0, 0.1) is 0 Å². The molecule has 0 spiro atoms. The summed E-state index contributed by atoms with van der Waals surface area (Å²) in [5.74, 6) is 0.315. The fourth-order valence-electron chi connectivity index (χ4n) is 0.805. The maximum atomic E-state index is 5.31. The lowest BCUT2D eigenvalue weighted by molar-refractivity contribution is 1.07. The van der Waals surface area contributed by atoms with Gasteiger partial charge in [-0.2, -0.15) is 0 Å². The van der Waals surface area contributed by atoms with Gasteiger partial charge in [0, 0.05) is 12.4 Å². The molecule has 58 valence electrons. The molecule has 0 aromatic carbocycles. The second kappa shape index (κ2) is 3.14. The van der Waals surface area contributed by atoms with Crippen molar-refractivity contribution in [3.63, 3.8) is 0 Å². The van der Waals surface area contributed by atoms with E-state index in [4.69, 9.17) is 5.73 Å². The van der Waals surface area contributed by atoms with Crippen molar-refractivity contribution in [2.45, 2.75) is 13.3 Å². The van der Waals surface area contributed by atoms with Crippen LogP contribution in [0.3, 0.4) is 0 Å². The van der Waals surface area contributed by atoms with Gasteiger partial charge in [0.05, 0.1) is 0 Å². The van der Waals surface area contributed by atoms with Gasteiger partial charge in [-0.3, -0.25) is 0 Å². The highest BCUT2D eigenvalue weighted by Crippen LogP contribution is 2.03. The summed E-state index contributed by atoms with van der Waals surface area (Å²) < 4.78 is 0. The Morgan fingerprint density at radius 2 is 2.09 bits per heavy atom. The lowest BCUT2D eigenvalue weighted by Crippen LogP contribution is -1.95. The minimum Gasteiger partial charge on any atom is -0.368 e. The lowest BCUT2D eigenvalue weighted by Gasteiger charge is -1.98. The molecule has 0 amide bonds. The topological polar surface area (TPSA) is 51.8 Å². The summed E-state index contributed by atoms with van der Waals surface area (Å²) in [5.41, 5.74) is 7.46. The van der Waals surface area contributed by atoms with Gasteiger partial charge in [0.25, 0.3) is 0 Å². The van der Waals surface area contributed by atoms with Gasteiger partial charge in [-0.25, -0.2) is 9.97 Å². The van der Waals surface area contributed by atoms with E-state index in [0.29, 0.717) is 5.95 Å². The molecule has 0 aliphatic rings. The fourth-order valence-corrected chi connectivity index (χ4v) is 0.805. The SMILES string of the molecule is C=C(C)Cc1cnc(N)nc1. The molecule has 3 nitrogen and oxygen atoms in total. The van der Waals surface area contributed by atoms with E-state index in [1.165, 1.54) is 0 Å². The van der Waals surface area contributed by atoms with E-state index in [1.807, 2.05) is 6.92 Å². The highest BCUT2D eigenvalue weighted by molar-refractivity contribution is 5.19. The second-order valence-corrected chi connectivity index (χ2v) is 2.58. The molecule has 0 saturated heterocycles. The third kappa shape index (κ3) is 2.37. The molecule has 0 saturated carbocycles. The van der Waals surface area contributed by atoms with Gasteiger partial charge in [-0.1, -0.05) is 12.2 Å². The molecule has 1 aromatic heterocycles. The molecule has 1 aromatic rings. The van der Waals surface area contributed by atoms with Crippen LogP contribution in [0.15, 0.2) is 24.5 Å².